The fourth-order valence-corrected chi connectivity index (χ4v) is 1.38. The largest absolute Gasteiger partial charge is 1.00 e. The Hall–Kier alpha value is -0.270. The van der Waals surface area contributed by atoms with Crippen molar-refractivity contribution in [2.45, 2.75) is 11.3 Å². The van der Waals surface area contributed by atoms with Crippen LogP contribution in [0.2, 0.25) is 0 Å². The van der Waals surface area contributed by atoms with Crippen LogP contribution in [-0.4, -0.2) is 21.8 Å². The molecule has 0 fully saturated rings. The van der Waals surface area contributed by atoms with Gasteiger partial charge in [-0.1, -0.05) is 6.07 Å². The summed E-state index contributed by atoms with van der Waals surface area (Å²) in [5.41, 5.74) is 0.107. The second-order valence-corrected chi connectivity index (χ2v) is 3.68. The third-order valence-corrected chi connectivity index (χ3v) is 2.42. The molecule has 0 bridgehead atoms. The van der Waals surface area contributed by atoms with Crippen LogP contribution in [0.25, 0.3) is 0 Å². The predicted molar refractivity (Wildman–Crippen MR) is 49.3 cm³/mol. The molecule has 0 heterocycles. The van der Waals surface area contributed by atoms with Crippen molar-refractivity contribution in [3.63, 3.8) is 0 Å². The Morgan fingerprint density at radius 3 is 2.62 bits per heavy atom. The zero-order valence-corrected chi connectivity index (χ0v) is 11.7. The second-order valence-electron chi connectivity index (χ2n) is 2.74. The van der Waals surface area contributed by atoms with Crippen LogP contribution in [0.1, 0.15) is 5.56 Å². The van der Waals surface area contributed by atoms with E-state index < -0.39 is 22.9 Å². The number of benzene rings is 1. The summed E-state index contributed by atoms with van der Waals surface area (Å²) < 4.78 is 38.6. The minimum Gasteiger partial charge on any atom is -0.768 e. The van der Waals surface area contributed by atoms with E-state index in [4.69, 9.17) is 0 Å². The van der Waals surface area contributed by atoms with Crippen LogP contribution < -0.4 is 29.6 Å². The Morgan fingerprint density at radius 2 is 2.19 bits per heavy atom. The van der Waals surface area contributed by atoms with Crippen LogP contribution in [0.4, 0.5) is 4.39 Å². The molecule has 0 radical (unpaired) electrons. The first kappa shape index (κ1) is 15.7. The molecular weight excluding hydrogens is 246 g/mol. The van der Waals surface area contributed by atoms with Crippen molar-refractivity contribution in [2.24, 2.45) is 0 Å². The van der Waals surface area contributed by atoms with E-state index in [2.05, 4.69) is 4.74 Å². The number of hydrogen-bond acceptors (Lipinski definition) is 4. The SMILES string of the molecule is COC(=O)Cc1ccc(S(=O)[O-])cc1F.[Na+]. The number of ether oxygens (including phenoxy) is 1. The van der Waals surface area contributed by atoms with E-state index in [1.54, 1.807) is 0 Å². The third kappa shape index (κ3) is 4.31. The van der Waals surface area contributed by atoms with E-state index in [0.717, 1.165) is 6.07 Å². The molecule has 1 unspecified atom stereocenters. The van der Waals surface area contributed by atoms with Crippen LogP contribution in [0.3, 0.4) is 0 Å². The molecule has 7 heteroatoms. The number of rotatable bonds is 3. The maximum absolute atomic E-state index is 13.2. The minimum absolute atomic E-state index is 0. The van der Waals surface area contributed by atoms with Crippen molar-refractivity contribution in [3.8, 4) is 0 Å². The maximum atomic E-state index is 13.2. The summed E-state index contributed by atoms with van der Waals surface area (Å²) in [4.78, 5) is 10.7. The molecule has 0 aliphatic carbocycles. The number of carbonyl (C=O) groups excluding carboxylic acids is 1. The average molecular weight is 254 g/mol. The predicted octanol–water partition coefficient (Wildman–Crippen LogP) is -2.22. The average Bonchev–Trinajstić information content (AvgIpc) is 2.20. The van der Waals surface area contributed by atoms with E-state index >= 15 is 0 Å². The van der Waals surface area contributed by atoms with E-state index in [-0.39, 0.29) is 46.4 Å². The van der Waals surface area contributed by atoms with Gasteiger partial charge in [0.25, 0.3) is 0 Å². The van der Waals surface area contributed by atoms with Gasteiger partial charge in [-0.2, -0.15) is 0 Å². The minimum atomic E-state index is -2.47. The van der Waals surface area contributed by atoms with E-state index in [1.165, 1.54) is 19.2 Å². The summed E-state index contributed by atoms with van der Waals surface area (Å²) in [7, 11) is 1.20. The molecule has 0 amide bonds. The van der Waals surface area contributed by atoms with Crippen LogP contribution in [-0.2, 0) is 27.0 Å². The summed E-state index contributed by atoms with van der Waals surface area (Å²) in [5.74, 6) is -1.31. The van der Waals surface area contributed by atoms with Gasteiger partial charge >= 0.3 is 35.5 Å². The van der Waals surface area contributed by atoms with Gasteiger partial charge in [0, 0.05) is 4.90 Å². The molecule has 1 aromatic rings. The van der Waals surface area contributed by atoms with Gasteiger partial charge in [-0.3, -0.25) is 9.00 Å². The maximum Gasteiger partial charge on any atom is 1.00 e. The first-order valence-corrected chi connectivity index (χ1v) is 5.06. The fourth-order valence-electron chi connectivity index (χ4n) is 1.00. The third-order valence-electron chi connectivity index (χ3n) is 1.78. The quantitative estimate of drug-likeness (QED) is 0.348. The van der Waals surface area contributed by atoms with Gasteiger partial charge in [0.2, 0.25) is 0 Å². The molecular formula is C9H8FNaO4S. The van der Waals surface area contributed by atoms with Crippen LogP contribution >= 0.6 is 0 Å². The smallest absolute Gasteiger partial charge is 0.768 e. The van der Waals surface area contributed by atoms with Gasteiger partial charge in [0.1, 0.15) is 5.82 Å². The zero-order valence-electron chi connectivity index (χ0n) is 8.86. The Kier molecular flexibility index (Phi) is 7.01. The van der Waals surface area contributed by atoms with E-state index in [0.29, 0.717) is 0 Å². The molecule has 0 aliphatic rings. The summed E-state index contributed by atoms with van der Waals surface area (Å²) in [6, 6.07) is 3.34. The fraction of sp³-hybridized carbons (Fsp3) is 0.222. The number of hydrogen-bond donors (Lipinski definition) is 0. The summed E-state index contributed by atoms with van der Waals surface area (Å²) >= 11 is -2.47. The molecule has 0 aromatic heterocycles. The van der Waals surface area contributed by atoms with Gasteiger partial charge in [0.15, 0.2) is 0 Å². The summed E-state index contributed by atoms with van der Waals surface area (Å²) in [5, 5.41) is 0. The monoisotopic (exact) mass is 254 g/mol. The Labute approximate surface area is 117 Å². The Morgan fingerprint density at radius 1 is 1.56 bits per heavy atom. The molecule has 0 spiro atoms. The second kappa shape index (κ2) is 7.13. The number of carbonyl (C=O) groups is 1. The molecule has 1 atom stereocenters. The van der Waals surface area contributed by atoms with Gasteiger partial charge in [-0.15, -0.1) is 0 Å². The van der Waals surface area contributed by atoms with Crippen molar-refractivity contribution < 1.29 is 52.2 Å². The Balaban J connectivity index is 0.00000225. The standard InChI is InChI=1S/C9H9FO4S.Na/c1-14-9(11)4-6-2-3-7(15(12)13)5-8(6)10;/h2-3,5H,4H2,1H3,(H,12,13);/q;+1/p-1. The van der Waals surface area contributed by atoms with E-state index in [9.17, 15) is 17.9 Å². The molecule has 0 saturated heterocycles. The molecule has 82 valence electrons. The molecule has 4 nitrogen and oxygen atoms in total. The van der Waals surface area contributed by atoms with Crippen molar-refractivity contribution in [1.29, 1.82) is 0 Å². The molecule has 0 aliphatic heterocycles. The molecule has 1 aromatic carbocycles. The summed E-state index contributed by atoms with van der Waals surface area (Å²) in [6.07, 6.45) is -0.214. The van der Waals surface area contributed by atoms with E-state index in [1.807, 2.05) is 0 Å². The normalized spacial score (nSPS) is 11.4. The topological polar surface area (TPSA) is 66.4 Å². The van der Waals surface area contributed by atoms with Gasteiger partial charge in [-0.25, -0.2) is 4.39 Å². The van der Waals surface area contributed by atoms with Gasteiger partial charge < -0.3 is 9.29 Å². The number of esters is 1. The van der Waals surface area contributed by atoms with Gasteiger partial charge in [0.05, 0.1) is 13.5 Å². The van der Waals surface area contributed by atoms with Crippen molar-refractivity contribution >= 4 is 17.0 Å². The molecule has 1 rings (SSSR count). The van der Waals surface area contributed by atoms with Crippen LogP contribution in [0.5, 0.6) is 0 Å². The van der Waals surface area contributed by atoms with Crippen molar-refractivity contribution in [1.82, 2.24) is 0 Å². The van der Waals surface area contributed by atoms with Crippen molar-refractivity contribution in [2.75, 3.05) is 7.11 Å². The van der Waals surface area contributed by atoms with Crippen LogP contribution in [0.15, 0.2) is 23.1 Å². The zero-order chi connectivity index (χ0) is 11.4. The Bertz CT molecular complexity index is 410. The number of halogens is 1. The summed E-state index contributed by atoms with van der Waals surface area (Å²) in [6.45, 7) is 0. The molecule has 0 N–H and O–H groups in total. The number of methoxy groups -OCH3 is 1. The molecule has 16 heavy (non-hydrogen) atoms. The van der Waals surface area contributed by atoms with Gasteiger partial charge in [-0.05, 0) is 28.8 Å². The first-order valence-electron chi connectivity index (χ1n) is 3.99. The van der Waals surface area contributed by atoms with Crippen molar-refractivity contribution in [3.05, 3.63) is 29.6 Å². The molecule has 0 saturated carbocycles. The van der Waals surface area contributed by atoms with Crippen LogP contribution in [0, 0.1) is 5.82 Å². The first-order chi connectivity index (χ1) is 7.04.